The molecule has 3 rings (SSSR count). The Morgan fingerprint density at radius 1 is 0.981 bits per heavy atom. The maximum Gasteiger partial charge on any atom is 0.406 e. The Bertz CT molecular complexity index is 1520. The van der Waals surface area contributed by atoms with Gasteiger partial charge in [-0.3, -0.25) is 20.0 Å². The average molecular weight is 738 g/mol. The number of benzene rings is 1. The standard InChI is InChI=1S/C40H63N7O6/c1-28-15-14-18-30(42-28)25-45-21-22-47(37(45)52)34(39(5,6)7)35(50)43-31(23-29-16-12-11-13-17-29)32(48)26-46(20-19-38(2,3)4)44-33(49)24-40(8,9)27-41-36(51)53-10/h11-18,31-32,34,48H,19-27H2,1-10H3,(H,41,51)(H,43,50)(H,44,49). The normalized spacial score (nSPS) is 15.6. The van der Waals surface area contributed by atoms with E-state index in [-0.39, 0.29) is 42.8 Å². The number of rotatable bonds is 17. The summed E-state index contributed by atoms with van der Waals surface area (Å²) >= 11 is 0. The first-order valence-electron chi connectivity index (χ1n) is 18.5. The monoisotopic (exact) mass is 737 g/mol. The molecule has 1 aromatic carbocycles. The minimum Gasteiger partial charge on any atom is -0.453 e. The van der Waals surface area contributed by atoms with Gasteiger partial charge in [-0.1, -0.05) is 91.8 Å². The first-order chi connectivity index (χ1) is 24.7. The number of ether oxygens (including phenoxy) is 1. The van der Waals surface area contributed by atoms with Crippen LogP contribution in [0.4, 0.5) is 9.59 Å². The van der Waals surface area contributed by atoms with E-state index in [1.807, 2.05) is 90.1 Å². The number of methoxy groups -OCH3 is 1. The minimum absolute atomic E-state index is 0.0422. The van der Waals surface area contributed by atoms with Crippen LogP contribution >= 0.6 is 0 Å². The third-order valence-corrected chi connectivity index (χ3v) is 9.25. The maximum atomic E-state index is 14.4. The summed E-state index contributed by atoms with van der Waals surface area (Å²) in [6.45, 7) is 19.7. The number of amides is 5. The van der Waals surface area contributed by atoms with E-state index in [1.54, 1.807) is 14.8 Å². The van der Waals surface area contributed by atoms with Crippen LogP contribution in [0.5, 0.6) is 0 Å². The number of pyridine rings is 1. The van der Waals surface area contributed by atoms with Crippen LogP contribution in [0.25, 0.3) is 0 Å². The van der Waals surface area contributed by atoms with Crippen molar-refractivity contribution in [1.82, 2.24) is 35.9 Å². The second kappa shape index (κ2) is 18.7. The summed E-state index contributed by atoms with van der Waals surface area (Å²) < 4.78 is 4.67. The lowest BCUT2D eigenvalue weighted by Gasteiger charge is -2.38. The van der Waals surface area contributed by atoms with Gasteiger partial charge in [0.05, 0.1) is 31.5 Å². The topological polar surface area (TPSA) is 156 Å². The lowest BCUT2D eigenvalue weighted by atomic mass is 9.84. The number of aliphatic hydroxyl groups is 1. The van der Waals surface area contributed by atoms with Gasteiger partial charge in [0.1, 0.15) is 6.04 Å². The largest absolute Gasteiger partial charge is 0.453 e. The number of carbonyl (C=O) groups is 4. The molecule has 0 bridgehead atoms. The molecule has 2 heterocycles. The van der Waals surface area contributed by atoms with E-state index in [2.05, 4.69) is 46.6 Å². The Morgan fingerprint density at radius 3 is 2.26 bits per heavy atom. The van der Waals surface area contributed by atoms with Gasteiger partial charge in [0.15, 0.2) is 0 Å². The van der Waals surface area contributed by atoms with Gasteiger partial charge in [0, 0.05) is 44.8 Å². The van der Waals surface area contributed by atoms with Crippen molar-refractivity contribution in [3.05, 3.63) is 65.5 Å². The van der Waals surface area contributed by atoms with Crippen LogP contribution in [-0.2, 0) is 27.3 Å². The first kappa shape index (κ1) is 43.2. The van der Waals surface area contributed by atoms with Crippen LogP contribution in [0.3, 0.4) is 0 Å². The molecular weight excluding hydrogens is 674 g/mol. The number of aryl methyl sites for hydroxylation is 1. The summed E-state index contributed by atoms with van der Waals surface area (Å²) in [6.07, 6.45) is -0.499. The van der Waals surface area contributed by atoms with Gasteiger partial charge in [-0.05, 0) is 53.7 Å². The highest BCUT2D eigenvalue weighted by Gasteiger charge is 2.44. The zero-order valence-corrected chi connectivity index (χ0v) is 33.5. The Labute approximate surface area is 316 Å². The molecule has 3 unspecified atom stereocenters. The average Bonchev–Trinajstić information content (AvgIpc) is 3.39. The summed E-state index contributed by atoms with van der Waals surface area (Å²) in [5, 5.41) is 19.4. The molecule has 13 heteroatoms. The van der Waals surface area contributed by atoms with Gasteiger partial charge in [-0.2, -0.15) is 0 Å². The molecule has 1 aliphatic heterocycles. The molecule has 1 saturated heterocycles. The van der Waals surface area contributed by atoms with Crippen LogP contribution in [-0.4, -0.2) is 107 Å². The number of aromatic nitrogens is 1. The van der Waals surface area contributed by atoms with Gasteiger partial charge in [-0.15, -0.1) is 0 Å². The van der Waals surface area contributed by atoms with Crippen molar-refractivity contribution in [3.63, 3.8) is 0 Å². The Morgan fingerprint density at radius 2 is 1.66 bits per heavy atom. The summed E-state index contributed by atoms with van der Waals surface area (Å²) in [5.41, 5.74) is 4.31. The number of hydrazine groups is 1. The first-order valence-corrected chi connectivity index (χ1v) is 18.5. The number of nitrogens with zero attached hydrogens (tertiary/aromatic N) is 4. The number of hydrogen-bond acceptors (Lipinski definition) is 8. The summed E-state index contributed by atoms with van der Waals surface area (Å²) in [6, 6.07) is 13.5. The number of hydrogen-bond donors (Lipinski definition) is 4. The predicted molar refractivity (Wildman–Crippen MR) is 205 cm³/mol. The third-order valence-electron chi connectivity index (χ3n) is 9.25. The molecule has 2 aromatic rings. The Hall–Kier alpha value is -4.23. The smallest absolute Gasteiger partial charge is 0.406 e. The van der Waals surface area contributed by atoms with Crippen molar-refractivity contribution in [1.29, 1.82) is 0 Å². The molecule has 0 spiro atoms. The molecule has 0 aliphatic carbocycles. The van der Waals surface area contributed by atoms with E-state index >= 15 is 0 Å². The minimum atomic E-state index is -1.09. The van der Waals surface area contributed by atoms with Gasteiger partial charge in [-0.25, -0.2) is 14.6 Å². The van der Waals surface area contributed by atoms with E-state index in [0.29, 0.717) is 32.6 Å². The number of alkyl carbamates (subject to hydrolysis) is 1. The maximum absolute atomic E-state index is 14.4. The molecule has 294 valence electrons. The van der Waals surface area contributed by atoms with E-state index in [1.165, 1.54) is 7.11 Å². The zero-order valence-electron chi connectivity index (χ0n) is 33.5. The van der Waals surface area contributed by atoms with E-state index in [4.69, 9.17) is 0 Å². The highest BCUT2D eigenvalue weighted by molar-refractivity contribution is 5.89. The number of carbonyl (C=O) groups excluding carboxylic acids is 4. The number of urea groups is 1. The fraction of sp³-hybridized carbons (Fsp3) is 0.625. The fourth-order valence-electron chi connectivity index (χ4n) is 6.40. The number of aliphatic hydroxyl groups excluding tert-OH is 1. The second-order valence-corrected chi connectivity index (χ2v) is 17.3. The van der Waals surface area contributed by atoms with Crippen molar-refractivity contribution in [2.24, 2.45) is 16.2 Å². The summed E-state index contributed by atoms with van der Waals surface area (Å²) in [5.74, 6) is -0.622. The van der Waals surface area contributed by atoms with E-state index in [9.17, 15) is 24.3 Å². The molecule has 0 radical (unpaired) electrons. The van der Waals surface area contributed by atoms with E-state index in [0.717, 1.165) is 23.4 Å². The highest BCUT2D eigenvalue weighted by atomic mass is 16.5. The molecule has 1 aliphatic rings. The van der Waals surface area contributed by atoms with Crippen LogP contribution in [0.1, 0.15) is 85.2 Å². The van der Waals surface area contributed by atoms with Gasteiger partial charge in [0.2, 0.25) is 11.8 Å². The quantitative estimate of drug-likeness (QED) is 0.171. The molecule has 1 fully saturated rings. The Kier molecular flexibility index (Phi) is 15.2. The molecule has 3 atom stereocenters. The van der Waals surface area contributed by atoms with E-state index < -0.39 is 35.1 Å². The van der Waals surface area contributed by atoms with Crippen molar-refractivity contribution < 1.29 is 29.0 Å². The summed E-state index contributed by atoms with van der Waals surface area (Å²) in [4.78, 5) is 61.1. The summed E-state index contributed by atoms with van der Waals surface area (Å²) in [7, 11) is 1.29. The molecule has 1 aromatic heterocycles. The van der Waals surface area contributed by atoms with Crippen LogP contribution < -0.4 is 16.1 Å². The van der Waals surface area contributed by atoms with Gasteiger partial charge < -0.3 is 30.3 Å². The highest BCUT2D eigenvalue weighted by Crippen LogP contribution is 2.29. The fourth-order valence-corrected chi connectivity index (χ4v) is 6.40. The molecular formula is C40H63N7O6. The van der Waals surface area contributed by atoms with Gasteiger partial charge >= 0.3 is 12.1 Å². The number of nitrogens with one attached hydrogen (secondary N) is 3. The molecule has 53 heavy (non-hydrogen) atoms. The van der Waals surface area contributed by atoms with Crippen molar-refractivity contribution in [3.8, 4) is 0 Å². The Balaban J connectivity index is 1.83. The van der Waals surface area contributed by atoms with Crippen LogP contribution in [0, 0.1) is 23.2 Å². The molecule has 13 nitrogen and oxygen atoms in total. The molecule has 5 amide bonds. The second-order valence-electron chi connectivity index (χ2n) is 17.3. The lowest BCUT2D eigenvalue weighted by molar-refractivity contribution is -0.132. The van der Waals surface area contributed by atoms with Crippen molar-refractivity contribution in [2.45, 2.75) is 106 Å². The van der Waals surface area contributed by atoms with Crippen molar-refractivity contribution in [2.75, 3.05) is 39.8 Å². The van der Waals surface area contributed by atoms with Crippen LogP contribution in [0.2, 0.25) is 0 Å². The van der Waals surface area contributed by atoms with Crippen LogP contribution in [0.15, 0.2) is 48.5 Å². The SMILES string of the molecule is COC(=O)NCC(C)(C)CC(=O)NN(CCC(C)(C)C)CC(O)C(Cc1ccccc1)NC(=O)C(N1CCN(Cc2cccc(C)n2)C1=O)C(C)(C)C. The zero-order chi connectivity index (χ0) is 39.6. The predicted octanol–water partition coefficient (Wildman–Crippen LogP) is 4.67. The lowest BCUT2D eigenvalue weighted by Crippen LogP contribution is -2.60. The molecule has 4 N–H and O–H groups in total. The van der Waals surface area contributed by atoms with Crippen molar-refractivity contribution >= 4 is 23.9 Å². The van der Waals surface area contributed by atoms with Gasteiger partial charge in [0.25, 0.3) is 0 Å². The third kappa shape index (κ3) is 14.3. The molecule has 0 saturated carbocycles.